The fraction of sp³-hybridized carbons (Fsp3) is 0.812. The molecule has 0 aliphatic carbocycles. The lowest BCUT2D eigenvalue weighted by atomic mass is 10.1. The van der Waals surface area contributed by atoms with Crippen LogP contribution in [0.25, 0.3) is 0 Å². The van der Waals surface area contributed by atoms with Gasteiger partial charge in [0.2, 0.25) is 11.8 Å². The molecule has 1 unspecified atom stereocenters. The first-order chi connectivity index (χ1) is 10.7. The van der Waals surface area contributed by atoms with Crippen molar-refractivity contribution in [3.05, 3.63) is 0 Å². The van der Waals surface area contributed by atoms with Gasteiger partial charge in [-0.2, -0.15) is 0 Å². The lowest BCUT2D eigenvalue weighted by Gasteiger charge is -2.23. The maximum atomic E-state index is 12.0. The van der Waals surface area contributed by atoms with E-state index in [0.29, 0.717) is 13.0 Å². The largest absolute Gasteiger partial charge is 0.480 e. The number of carboxylic acids is 1. The number of rotatable bonds is 7. The molecule has 23 heavy (non-hydrogen) atoms. The third kappa shape index (κ3) is 7.97. The molecule has 2 N–H and O–H groups in total. The highest BCUT2D eigenvalue weighted by molar-refractivity contribution is 5.88. The predicted molar refractivity (Wildman–Crippen MR) is 84.9 cm³/mol. The SMILES string of the molecule is CC(C)(C)OCCC(NC(=O)CN1CCCCCC1=O)C(=O)O. The van der Waals surface area contributed by atoms with Crippen LogP contribution in [0.15, 0.2) is 0 Å². The summed E-state index contributed by atoms with van der Waals surface area (Å²) in [5.74, 6) is -1.58. The quantitative estimate of drug-likeness (QED) is 0.731. The Balaban J connectivity index is 2.47. The molecule has 0 spiro atoms. The number of aliphatic carboxylic acids is 1. The molecule has 0 aromatic carbocycles. The molecule has 0 saturated carbocycles. The van der Waals surface area contributed by atoms with Crippen molar-refractivity contribution in [2.45, 2.75) is 64.5 Å². The molecule has 0 bridgehead atoms. The Hall–Kier alpha value is -1.63. The van der Waals surface area contributed by atoms with E-state index >= 15 is 0 Å². The summed E-state index contributed by atoms with van der Waals surface area (Å²) in [6, 6.07) is -1.01. The molecule has 7 heteroatoms. The highest BCUT2D eigenvalue weighted by atomic mass is 16.5. The maximum absolute atomic E-state index is 12.0. The molecule has 1 aliphatic heterocycles. The molecule has 1 rings (SSSR count). The summed E-state index contributed by atoms with van der Waals surface area (Å²) < 4.78 is 5.50. The second-order valence-corrected chi connectivity index (χ2v) is 6.83. The smallest absolute Gasteiger partial charge is 0.326 e. The van der Waals surface area contributed by atoms with Gasteiger partial charge in [0.05, 0.1) is 12.1 Å². The Bertz CT molecular complexity index is 431. The van der Waals surface area contributed by atoms with E-state index in [1.165, 1.54) is 4.90 Å². The number of nitrogens with zero attached hydrogens (tertiary/aromatic N) is 1. The molecule has 1 aliphatic rings. The van der Waals surface area contributed by atoms with Gasteiger partial charge < -0.3 is 20.1 Å². The maximum Gasteiger partial charge on any atom is 0.326 e. The molecule has 2 amide bonds. The second-order valence-electron chi connectivity index (χ2n) is 6.83. The number of carbonyl (C=O) groups excluding carboxylic acids is 2. The van der Waals surface area contributed by atoms with Gasteiger partial charge in [-0.1, -0.05) is 6.42 Å². The molecule has 132 valence electrons. The summed E-state index contributed by atoms with van der Waals surface area (Å²) in [6.07, 6.45) is 3.34. The van der Waals surface area contributed by atoms with E-state index in [9.17, 15) is 19.5 Å². The van der Waals surface area contributed by atoms with Crippen molar-refractivity contribution >= 4 is 17.8 Å². The van der Waals surface area contributed by atoms with Crippen molar-refractivity contribution in [3.8, 4) is 0 Å². The molecule has 1 heterocycles. The fourth-order valence-corrected chi connectivity index (χ4v) is 2.36. The van der Waals surface area contributed by atoms with Crippen LogP contribution in [0.5, 0.6) is 0 Å². The summed E-state index contributed by atoms with van der Waals surface area (Å²) in [6.45, 7) is 6.36. The van der Waals surface area contributed by atoms with Crippen LogP contribution in [0, 0.1) is 0 Å². The number of hydrogen-bond donors (Lipinski definition) is 2. The number of hydrogen-bond acceptors (Lipinski definition) is 4. The highest BCUT2D eigenvalue weighted by Crippen LogP contribution is 2.11. The zero-order chi connectivity index (χ0) is 17.5. The van der Waals surface area contributed by atoms with Gasteiger partial charge in [-0.25, -0.2) is 4.79 Å². The van der Waals surface area contributed by atoms with Crippen LogP contribution in [0.3, 0.4) is 0 Å². The van der Waals surface area contributed by atoms with E-state index < -0.39 is 17.9 Å². The van der Waals surface area contributed by atoms with Crippen LogP contribution in [-0.4, -0.2) is 59.1 Å². The number of amides is 2. The average molecular weight is 328 g/mol. The minimum absolute atomic E-state index is 0.0411. The molecule has 1 saturated heterocycles. The third-order valence-corrected chi connectivity index (χ3v) is 3.58. The lowest BCUT2D eigenvalue weighted by molar-refractivity contribution is -0.143. The molecular weight excluding hydrogens is 300 g/mol. The zero-order valence-electron chi connectivity index (χ0n) is 14.3. The molecule has 7 nitrogen and oxygen atoms in total. The van der Waals surface area contributed by atoms with Gasteiger partial charge in [-0.3, -0.25) is 9.59 Å². The summed E-state index contributed by atoms with van der Waals surface area (Å²) in [7, 11) is 0. The number of nitrogens with one attached hydrogen (secondary N) is 1. The van der Waals surface area contributed by atoms with Crippen molar-refractivity contribution < 1.29 is 24.2 Å². The first-order valence-corrected chi connectivity index (χ1v) is 8.13. The number of likely N-dealkylation sites (tertiary alicyclic amines) is 1. The van der Waals surface area contributed by atoms with Crippen molar-refractivity contribution in [3.63, 3.8) is 0 Å². The van der Waals surface area contributed by atoms with E-state index in [-0.39, 0.29) is 31.1 Å². The van der Waals surface area contributed by atoms with Gasteiger partial charge in [0.15, 0.2) is 0 Å². The molecular formula is C16H28N2O5. The van der Waals surface area contributed by atoms with E-state index in [4.69, 9.17) is 4.74 Å². The van der Waals surface area contributed by atoms with E-state index in [1.807, 2.05) is 20.8 Å². The fourth-order valence-electron chi connectivity index (χ4n) is 2.36. The molecule has 1 atom stereocenters. The summed E-state index contributed by atoms with van der Waals surface area (Å²) >= 11 is 0. The monoisotopic (exact) mass is 328 g/mol. The first kappa shape index (κ1) is 19.4. The Morgan fingerprint density at radius 1 is 1.30 bits per heavy atom. The molecule has 0 aromatic rings. The van der Waals surface area contributed by atoms with Gasteiger partial charge in [0.25, 0.3) is 0 Å². The van der Waals surface area contributed by atoms with E-state index in [0.717, 1.165) is 19.3 Å². The van der Waals surface area contributed by atoms with Crippen molar-refractivity contribution in [1.29, 1.82) is 0 Å². The van der Waals surface area contributed by atoms with Crippen LogP contribution in [0.1, 0.15) is 52.9 Å². The topological polar surface area (TPSA) is 95.9 Å². The van der Waals surface area contributed by atoms with Crippen LogP contribution in [0.4, 0.5) is 0 Å². The van der Waals surface area contributed by atoms with E-state index in [1.54, 1.807) is 0 Å². The third-order valence-electron chi connectivity index (χ3n) is 3.58. The summed E-state index contributed by atoms with van der Waals surface area (Å²) in [4.78, 5) is 36.7. The lowest BCUT2D eigenvalue weighted by Crippen LogP contribution is -2.47. The van der Waals surface area contributed by atoms with Crippen molar-refractivity contribution in [1.82, 2.24) is 10.2 Å². The average Bonchev–Trinajstić information content (AvgIpc) is 2.61. The zero-order valence-corrected chi connectivity index (χ0v) is 14.3. The predicted octanol–water partition coefficient (Wildman–Crippen LogP) is 1.16. The van der Waals surface area contributed by atoms with E-state index in [2.05, 4.69) is 5.32 Å². The van der Waals surface area contributed by atoms with Gasteiger partial charge in [0, 0.05) is 26.0 Å². The molecule has 1 fully saturated rings. The van der Waals surface area contributed by atoms with Crippen LogP contribution in [0.2, 0.25) is 0 Å². The summed E-state index contributed by atoms with van der Waals surface area (Å²) in [5.41, 5.74) is -0.356. The van der Waals surface area contributed by atoms with Crippen LogP contribution >= 0.6 is 0 Å². The van der Waals surface area contributed by atoms with Crippen LogP contribution < -0.4 is 5.32 Å². The van der Waals surface area contributed by atoms with Crippen LogP contribution in [-0.2, 0) is 19.1 Å². The Morgan fingerprint density at radius 3 is 2.61 bits per heavy atom. The minimum atomic E-state index is -1.10. The highest BCUT2D eigenvalue weighted by Gasteiger charge is 2.24. The first-order valence-electron chi connectivity index (χ1n) is 8.13. The van der Waals surface area contributed by atoms with Crippen molar-refractivity contribution in [2.75, 3.05) is 19.7 Å². The standard InChI is InChI=1S/C16H28N2O5/c1-16(2,3)23-10-8-12(15(21)22)17-13(19)11-18-9-6-4-5-7-14(18)20/h12H,4-11H2,1-3H3,(H,17,19)(H,21,22). The number of ether oxygens (including phenoxy) is 1. The molecule has 0 aromatic heterocycles. The number of carboxylic acid groups (broad SMARTS) is 1. The van der Waals surface area contributed by atoms with Crippen molar-refractivity contribution in [2.24, 2.45) is 0 Å². The van der Waals surface area contributed by atoms with Gasteiger partial charge >= 0.3 is 5.97 Å². The van der Waals surface area contributed by atoms with Gasteiger partial charge in [0.1, 0.15) is 6.04 Å². The number of carbonyl (C=O) groups is 3. The Morgan fingerprint density at radius 2 is 2.00 bits per heavy atom. The second kappa shape index (κ2) is 8.86. The Labute approximate surface area is 137 Å². The summed E-state index contributed by atoms with van der Waals surface area (Å²) in [5, 5.41) is 11.7. The minimum Gasteiger partial charge on any atom is -0.480 e. The normalized spacial score (nSPS) is 17.5. The Kier molecular flexibility index (Phi) is 7.48. The van der Waals surface area contributed by atoms with Gasteiger partial charge in [-0.15, -0.1) is 0 Å². The molecule has 0 radical (unpaired) electrons. The van der Waals surface area contributed by atoms with Gasteiger partial charge in [-0.05, 0) is 33.6 Å².